The van der Waals surface area contributed by atoms with E-state index in [0.717, 1.165) is 18.6 Å². The second-order valence-corrected chi connectivity index (χ2v) is 6.41. The lowest BCUT2D eigenvalue weighted by Gasteiger charge is -2.21. The third kappa shape index (κ3) is 6.60. The van der Waals surface area contributed by atoms with Crippen molar-refractivity contribution in [3.63, 3.8) is 0 Å². The zero-order valence-corrected chi connectivity index (χ0v) is 13.2. The van der Waals surface area contributed by atoms with Crippen LogP contribution in [0.15, 0.2) is 24.3 Å². The number of hydrogen-bond acceptors (Lipinski definition) is 3. The lowest BCUT2D eigenvalue weighted by atomic mass is 10.1. The molecule has 0 saturated heterocycles. The molecular formula is C17H26O3. The van der Waals surface area contributed by atoms with Gasteiger partial charge in [0, 0.05) is 0 Å². The van der Waals surface area contributed by atoms with E-state index in [1.165, 1.54) is 0 Å². The molecule has 1 aromatic rings. The summed E-state index contributed by atoms with van der Waals surface area (Å²) >= 11 is 0. The fourth-order valence-corrected chi connectivity index (χ4v) is 1.75. The molecule has 0 bridgehead atoms. The van der Waals surface area contributed by atoms with Crippen LogP contribution in [0.2, 0.25) is 0 Å². The summed E-state index contributed by atoms with van der Waals surface area (Å²) in [7, 11) is 0. The number of hydrogen-bond donors (Lipinski definition) is 0. The van der Waals surface area contributed by atoms with Crippen molar-refractivity contribution in [1.29, 1.82) is 0 Å². The van der Waals surface area contributed by atoms with Gasteiger partial charge in [0.1, 0.15) is 11.4 Å². The molecule has 0 heterocycles. The van der Waals surface area contributed by atoms with Crippen molar-refractivity contribution in [3.05, 3.63) is 29.8 Å². The van der Waals surface area contributed by atoms with Gasteiger partial charge in [0.15, 0.2) is 0 Å². The molecule has 0 saturated carbocycles. The quantitative estimate of drug-likeness (QED) is 0.569. The van der Waals surface area contributed by atoms with Crippen molar-refractivity contribution in [3.8, 4) is 5.75 Å². The summed E-state index contributed by atoms with van der Waals surface area (Å²) in [6.07, 6.45) is 1.99. The Bertz CT molecular complexity index is 413. The Balaban J connectivity index is 2.45. The molecule has 0 atom stereocenters. The smallest absolute Gasteiger partial charge is 0.338 e. The first-order valence-corrected chi connectivity index (χ1v) is 7.24. The Morgan fingerprint density at radius 2 is 1.75 bits per heavy atom. The predicted octanol–water partition coefficient (Wildman–Crippen LogP) is 4.46. The van der Waals surface area contributed by atoms with Gasteiger partial charge in [-0.2, -0.15) is 0 Å². The summed E-state index contributed by atoms with van der Waals surface area (Å²) < 4.78 is 10.9. The molecule has 0 spiro atoms. The standard InChI is InChI=1S/C17H26O3/c1-13(2)7-6-12-19-16(18)14-8-10-15(11-9-14)20-17(3,4)5/h8-11,13H,6-7,12H2,1-5H3. The van der Waals surface area contributed by atoms with Crippen LogP contribution in [0, 0.1) is 5.92 Å². The average molecular weight is 278 g/mol. The Morgan fingerprint density at radius 1 is 1.15 bits per heavy atom. The molecule has 20 heavy (non-hydrogen) atoms. The summed E-state index contributed by atoms with van der Waals surface area (Å²) in [6.45, 7) is 10.8. The summed E-state index contributed by atoms with van der Waals surface area (Å²) in [5, 5.41) is 0. The maximum absolute atomic E-state index is 11.8. The molecule has 0 aliphatic rings. The van der Waals surface area contributed by atoms with Crippen LogP contribution in [0.5, 0.6) is 5.75 Å². The van der Waals surface area contributed by atoms with Gasteiger partial charge < -0.3 is 9.47 Å². The van der Waals surface area contributed by atoms with Gasteiger partial charge in [-0.15, -0.1) is 0 Å². The van der Waals surface area contributed by atoms with E-state index in [1.54, 1.807) is 24.3 Å². The normalized spacial score (nSPS) is 11.5. The first-order chi connectivity index (χ1) is 9.28. The Hall–Kier alpha value is -1.51. The van der Waals surface area contributed by atoms with Crippen molar-refractivity contribution in [2.45, 2.75) is 53.1 Å². The molecule has 1 rings (SSSR count). The highest BCUT2D eigenvalue weighted by molar-refractivity contribution is 5.89. The molecule has 0 unspecified atom stereocenters. The van der Waals surface area contributed by atoms with Crippen LogP contribution >= 0.6 is 0 Å². The number of carbonyl (C=O) groups is 1. The number of rotatable bonds is 6. The molecule has 112 valence electrons. The molecule has 3 heteroatoms. The number of esters is 1. The molecule has 3 nitrogen and oxygen atoms in total. The van der Waals surface area contributed by atoms with Crippen LogP contribution < -0.4 is 4.74 Å². The minimum absolute atomic E-state index is 0.237. The summed E-state index contributed by atoms with van der Waals surface area (Å²) in [4.78, 5) is 11.8. The van der Waals surface area contributed by atoms with Crippen LogP contribution in [0.1, 0.15) is 57.8 Å². The Kier molecular flexibility index (Phi) is 6.05. The van der Waals surface area contributed by atoms with Crippen molar-refractivity contribution in [2.75, 3.05) is 6.61 Å². The largest absolute Gasteiger partial charge is 0.488 e. The van der Waals surface area contributed by atoms with Gasteiger partial charge in [-0.25, -0.2) is 4.79 Å². The van der Waals surface area contributed by atoms with Gasteiger partial charge in [-0.1, -0.05) is 13.8 Å². The van der Waals surface area contributed by atoms with Gasteiger partial charge in [0.2, 0.25) is 0 Å². The molecule has 1 aromatic carbocycles. The molecule has 0 fully saturated rings. The van der Waals surface area contributed by atoms with Crippen molar-refractivity contribution < 1.29 is 14.3 Å². The molecule has 0 aliphatic carbocycles. The van der Waals surface area contributed by atoms with Crippen molar-refractivity contribution >= 4 is 5.97 Å². The SMILES string of the molecule is CC(C)CCCOC(=O)c1ccc(OC(C)(C)C)cc1. The van der Waals surface area contributed by atoms with E-state index in [2.05, 4.69) is 13.8 Å². The van der Waals surface area contributed by atoms with Gasteiger partial charge in [0.25, 0.3) is 0 Å². The van der Waals surface area contributed by atoms with Crippen LogP contribution in [0.25, 0.3) is 0 Å². The molecule has 0 N–H and O–H groups in total. The van der Waals surface area contributed by atoms with E-state index in [9.17, 15) is 4.79 Å². The highest BCUT2D eigenvalue weighted by Crippen LogP contribution is 2.18. The van der Waals surface area contributed by atoms with Crippen LogP contribution in [-0.4, -0.2) is 18.2 Å². The van der Waals surface area contributed by atoms with Gasteiger partial charge in [-0.3, -0.25) is 0 Å². The second-order valence-electron chi connectivity index (χ2n) is 6.41. The first-order valence-electron chi connectivity index (χ1n) is 7.24. The second kappa shape index (κ2) is 7.32. The minimum Gasteiger partial charge on any atom is -0.488 e. The maximum Gasteiger partial charge on any atom is 0.338 e. The summed E-state index contributed by atoms with van der Waals surface area (Å²) in [5.41, 5.74) is 0.328. The van der Waals surface area contributed by atoms with Crippen molar-refractivity contribution in [2.24, 2.45) is 5.92 Å². The minimum atomic E-state index is -0.268. The summed E-state index contributed by atoms with van der Waals surface area (Å²) in [5.74, 6) is 1.13. The van der Waals surface area contributed by atoms with Crippen molar-refractivity contribution in [1.82, 2.24) is 0 Å². The topological polar surface area (TPSA) is 35.5 Å². The van der Waals surface area contributed by atoms with Gasteiger partial charge >= 0.3 is 5.97 Å². The molecule has 0 aromatic heterocycles. The molecule has 0 radical (unpaired) electrons. The first kappa shape index (κ1) is 16.5. The monoisotopic (exact) mass is 278 g/mol. The van der Waals surface area contributed by atoms with E-state index < -0.39 is 0 Å². The van der Waals surface area contributed by atoms with E-state index in [0.29, 0.717) is 18.1 Å². The summed E-state index contributed by atoms with van der Waals surface area (Å²) in [6, 6.07) is 7.09. The Labute approximate surface area is 122 Å². The number of benzene rings is 1. The zero-order chi connectivity index (χ0) is 15.2. The molecule has 0 aliphatic heterocycles. The fourth-order valence-electron chi connectivity index (χ4n) is 1.75. The fraction of sp³-hybridized carbons (Fsp3) is 0.588. The van der Waals surface area contributed by atoms with Gasteiger partial charge in [-0.05, 0) is 63.8 Å². The highest BCUT2D eigenvalue weighted by Gasteiger charge is 2.12. The van der Waals surface area contributed by atoms with E-state index in [-0.39, 0.29) is 11.6 Å². The number of carbonyl (C=O) groups excluding carboxylic acids is 1. The van der Waals surface area contributed by atoms with E-state index in [4.69, 9.17) is 9.47 Å². The molecular weight excluding hydrogens is 252 g/mol. The lowest BCUT2D eigenvalue weighted by Crippen LogP contribution is -2.22. The third-order valence-electron chi connectivity index (χ3n) is 2.67. The average Bonchev–Trinajstić information content (AvgIpc) is 2.33. The Morgan fingerprint density at radius 3 is 2.25 bits per heavy atom. The van der Waals surface area contributed by atoms with Crippen LogP contribution in [0.4, 0.5) is 0 Å². The predicted molar refractivity (Wildman–Crippen MR) is 81.2 cm³/mol. The third-order valence-corrected chi connectivity index (χ3v) is 2.67. The van der Waals surface area contributed by atoms with Crippen LogP contribution in [0.3, 0.4) is 0 Å². The maximum atomic E-state index is 11.8. The zero-order valence-electron chi connectivity index (χ0n) is 13.2. The van der Waals surface area contributed by atoms with E-state index in [1.807, 2.05) is 20.8 Å². The lowest BCUT2D eigenvalue weighted by molar-refractivity contribution is 0.0494. The molecule has 0 amide bonds. The number of ether oxygens (including phenoxy) is 2. The van der Waals surface area contributed by atoms with Crippen LogP contribution in [-0.2, 0) is 4.74 Å². The van der Waals surface area contributed by atoms with E-state index >= 15 is 0 Å². The van der Waals surface area contributed by atoms with Gasteiger partial charge in [0.05, 0.1) is 12.2 Å². The highest BCUT2D eigenvalue weighted by atomic mass is 16.5.